The first-order valence-electron chi connectivity index (χ1n) is 9.17. The van der Waals surface area contributed by atoms with Crippen molar-refractivity contribution in [3.63, 3.8) is 0 Å². The molecule has 0 spiro atoms. The molecule has 9 nitrogen and oxygen atoms in total. The maximum atomic E-state index is 11.8. The molecule has 0 unspecified atom stereocenters. The number of hydrogen-bond donors (Lipinski definition) is 3. The minimum absolute atomic E-state index is 0.163. The van der Waals surface area contributed by atoms with E-state index in [2.05, 4.69) is 20.6 Å². The first kappa shape index (κ1) is 19.4. The van der Waals surface area contributed by atoms with Gasteiger partial charge in [0.2, 0.25) is 5.95 Å². The number of aromatic carboxylic acids is 1. The first-order chi connectivity index (χ1) is 13.5. The minimum Gasteiger partial charge on any atom is -0.478 e. The normalized spacial score (nSPS) is 14.4. The summed E-state index contributed by atoms with van der Waals surface area (Å²) in [4.78, 5) is 33.2. The van der Waals surface area contributed by atoms with Gasteiger partial charge < -0.3 is 25.4 Å². The number of carboxylic acid groups (broad SMARTS) is 1. The number of carbonyl (C=O) groups excluding carboxylic acids is 1. The van der Waals surface area contributed by atoms with E-state index >= 15 is 0 Å². The van der Waals surface area contributed by atoms with Gasteiger partial charge in [0.15, 0.2) is 0 Å². The van der Waals surface area contributed by atoms with Gasteiger partial charge in [0, 0.05) is 31.0 Å². The zero-order valence-electron chi connectivity index (χ0n) is 15.6. The van der Waals surface area contributed by atoms with E-state index in [0.717, 1.165) is 12.8 Å². The summed E-state index contributed by atoms with van der Waals surface area (Å²) in [5.41, 5.74) is 0.832. The summed E-state index contributed by atoms with van der Waals surface area (Å²) < 4.78 is 5.03. The third-order valence-corrected chi connectivity index (χ3v) is 4.39. The summed E-state index contributed by atoms with van der Waals surface area (Å²) in [6.07, 6.45) is 2.92. The van der Waals surface area contributed by atoms with Crippen molar-refractivity contribution >= 4 is 29.5 Å². The van der Waals surface area contributed by atoms with Gasteiger partial charge in [-0.05, 0) is 44.0 Å². The third kappa shape index (κ3) is 5.09. The van der Waals surface area contributed by atoms with Gasteiger partial charge in [0.1, 0.15) is 5.82 Å². The summed E-state index contributed by atoms with van der Waals surface area (Å²) in [6, 6.07) is 8.39. The van der Waals surface area contributed by atoms with Crippen LogP contribution >= 0.6 is 0 Å². The van der Waals surface area contributed by atoms with Crippen molar-refractivity contribution in [3.8, 4) is 0 Å². The SMILES string of the molecule is CCOC(=O)N1CCC(Nc2nccc(Nc3cccc(C(=O)O)c3)n2)CC1. The fourth-order valence-corrected chi connectivity index (χ4v) is 2.98. The van der Waals surface area contributed by atoms with E-state index in [9.17, 15) is 9.59 Å². The van der Waals surface area contributed by atoms with Gasteiger partial charge in [0.05, 0.1) is 12.2 Å². The number of nitrogens with zero attached hydrogens (tertiary/aromatic N) is 3. The molecule has 0 radical (unpaired) electrons. The second kappa shape index (κ2) is 9.03. The molecule has 1 aromatic heterocycles. The minimum atomic E-state index is -0.983. The molecule has 2 heterocycles. The Labute approximate surface area is 162 Å². The molecule has 1 aliphatic heterocycles. The van der Waals surface area contributed by atoms with Crippen LogP contribution in [0.2, 0.25) is 0 Å². The summed E-state index contributed by atoms with van der Waals surface area (Å²) in [6.45, 7) is 3.41. The topological polar surface area (TPSA) is 117 Å². The third-order valence-electron chi connectivity index (χ3n) is 4.39. The molecule has 0 saturated carbocycles. The maximum Gasteiger partial charge on any atom is 0.409 e. The Morgan fingerprint density at radius 3 is 2.79 bits per heavy atom. The molecule has 0 aliphatic carbocycles. The average Bonchev–Trinajstić information content (AvgIpc) is 2.69. The monoisotopic (exact) mass is 385 g/mol. The van der Waals surface area contributed by atoms with E-state index in [1.165, 1.54) is 6.07 Å². The zero-order valence-corrected chi connectivity index (χ0v) is 15.6. The molecule has 1 fully saturated rings. The van der Waals surface area contributed by atoms with Gasteiger partial charge in [-0.2, -0.15) is 4.98 Å². The molecule has 3 rings (SSSR count). The van der Waals surface area contributed by atoms with Crippen molar-refractivity contribution in [3.05, 3.63) is 42.1 Å². The average molecular weight is 385 g/mol. The van der Waals surface area contributed by atoms with Crippen LogP contribution in [0.3, 0.4) is 0 Å². The second-order valence-corrected chi connectivity index (χ2v) is 6.38. The maximum absolute atomic E-state index is 11.8. The zero-order chi connectivity index (χ0) is 19.9. The highest BCUT2D eigenvalue weighted by Gasteiger charge is 2.23. The molecule has 1 aliphatic rings. The molecule has 28 heavy (non-hydrogen) atoms. The molecule has 0 atom stereocenters. The van der Waals surface area contributed by atoms with E-state index < -0.39 is 5.97 Å². The molecule has 1 saturated heterocycles. The number of amides is 1. The Morgan fingerprint density at radius 2 is 2.07 bits per heavy atom. The van der Waals surface area contributed by atoms with Gasteiger partial charge in [-0.15, -0.1) is 0 Å². The highest BCUT2D eigenvalue weighted by atomic mass is 16.6. The lowest BCUT2D eigenvalue weighted by Crippen LogP contribution is -2.42. The summed E-state index contributed by atoms with van der Waals surface area (Å²) in [5, 5.41) is 15.5. The molecule has 148 valence electrons. The fourth-order valence-electron chi connectivity index (χ4n) is 2.98. The van der Waals surface area contributed by atoms with E-state index in [0.29, 0.717) is 37.1 Å². The first-order valence-corrected chi connectivity index (χ1v) is 9.17. The standard InChI is InChI=1S/C19H23N5O4/c1-2-28-19(27)24-10-7-14(8-11-24)22-18-20-9-6-16(23-18)21-15-5-3-4-13(12-15)17(25)26/h3-6,9,12,14H,2,7-8,10-11H2,1H3,(H,25,26)(H2,20,21,22,23). The molecular weight excluding hydrogens is 362 g/mol. The number of hydrogen-bond acceptors (Lipinski definition) is 7. The van der Waals surface area contributed by atoms with Gasteiger partial charge in [-0.25, -0.2) is 14.6 Å². The van der Waals surface area contributed by atoms with Gasteiger partial charge in [-0.3, -0.25) is 0 Å². The molecule has 2 aromatic rings. The van der Waals surface area contributed by atoms with Gasteiger partial charge >= 0.3 is 12.1 Å². The van der Waals surface area contributed by atoms with Crippen molar-refractivity contribution < 1.29 is 19.4 Å². The van der Waals surface area contributed by atoms with E-state index in [4.69, 9.17) is 9.84 Å². The lowest BCUT2D eigenvalue weighted by Gasteiger charge is -2.31. The summed E-state index contributed by atoms with van der Waals surface area (Å²) >= 11 is 0. The van der Waals surface area contributed by atoms with Crippen LogP contribution < -0.4 is 10.6 Å². The lowest BCUT2D eigenvalue weighted by molar-refractivity contribution is 0.0696. The molecule has 3 N–H and O–H groups in total. The van der Waals surface area contributed by atoms with Gasteiger partial charge in [-0.1, -0.05) is 6.07 Å². The van der Waals surface area contributed by atoms with E-state index in [1.54, 1.807) is 42.3 Å². The lowest BCUT2D eigenvalue weighted by atomic mass is 10.1. The number of rotatable bonds is 6. The van der Waals surface area contributed by atoms with Crippen LogP contribution in [0.15, 0.2) is 36.5 Å². The second-order valence-electron chi connectivity index (χ2n) is 6.38. The van der Waals surface area contributed by atoms with Crippen LogP contribution in [-0.4, -0.2) is 57.8 Å². The molecule has 1 amide bonds. The van der Waals surface area contributed by atoms with Crippen molar-refractivity contribution in [1.29, 1.82) is 0 Å². The number of nitrogens with one attached hydrogen (secondary N) is 2. The van der Waals surface area contributed by atoms with Crippen LogP contribution in [0.25, 0.3) is 0 Å². The highest BCUT2D eigenvalue weighted by Crippen LogP contribution is 2.19. The Balaban J connectivity index is 1.58. The number of aromatic nitrogens is 2. The van der Waals surface area contributed by atoms with Crippen molar-refractivity contribution in [1.82, 2.24) is 14.9 Å². The van der Waals surface area contributed by atoms with Gasteiger partial charge in [0.25, 0.3) is 0 Å². The van der Waals surface area contributed by atoms with Crippen LogP contribution in [0.4, 0.5) is 22.2 Å². The Kier molecular flexibility index (Phi) is 6.25. The van der Waals surface area contributed by atoms with E-state index in [-0.39, 0.29) is 17.7 Å². The number of ether oxygens (including phenoxy) is 1. The van der Waals surface area contributed by atoms with Crippen LogP contribution in [0.5, 0.6) is 0 Å². The Morgan fingerprint density at radius 1 is 1.29 bits per heavy atom. The van der Waals surface area contributed by atoms with Crippen molar-refractivity contribution in [2.45, 2.75) is 25.8 Å². The van der Waals surface area contributed by atoms with Crippen LogP contribution in [0, 0.1) is 0 Å². The Bertz CT molecular complexity index is 837. The van der Waals surface area contributed by atoms with Crippen molar-refractivity contribution in [2.75, 3.05) is 30.3 Å². The fraction of sp³-hybridized carbons (Fsp3) is 0.368. The number of anilines is 3. The van der Waals surface area contributed by atoms with Crippen molar-refractivity contribution in [2.24, 2.45) is 0 Å². The predicted molar refractivity (Wildman–Crippen MR) is 104 cm³/mol. The largest absolute Gasteiger partial charge is 0.478 e. The Hall–Kier alpha value is -3.36. The van der Waals surface area contributed by atoms with Crippen LogP contribution in [-0.2, 0) is 4.74 Å². The quantitative estimate of drug-likeness (QED) is 0.695. The smallest absolute Gasteiger partial charge is 0.409 e. The number of piperidine rings is 1. The van der Waals surface area contributed by atoms with E-state index in [1.807, 2.05) is 0 Å². The molecule has 1 aromatic carbocycles. The highest BCUT2D eigenvalue weighted by molar-refractivity contribution is 5.89. The summed E-state index contributed by atoms with van der Waals surface area (Å²) in [7, 11) is 0. The predicted octanol–water partition coefficient (Wildman–Crippen LogP) is 2.95. The van der Waals surface area contributed by atoms with Crippen LogP contribution in [0.1, 0.15) is 30.1 Å². The molecule has 9 heteroatoms. The number of carboxylic acids is 1. The number of benzene rings is 1. The molecular formula is C19H23N5O4. The number of carbonyl (C=O) groups is 2. The molecule has 0 bridgehead atoms. The number of likely N-dealkylation sites (tertiary alicyclic amines) is 1. The summed E-state index contributed by atoms with van der Waals surface area (Å²) in [5.74, 6) is 0.0563.